The van der Waals surface area contributed by atoms with Crippen LogP contribution in [0.4, 0.5) is 0 Å². The van der Waals surface area contributed by atoms with Gasteiger partial charge in [-0.2, -0.15) is 0 Å². The lowest BCUT2D eigenvalue weighted by Crippen LogP contribution is -2.66. The van der Waals surface area contributed by atoms with Crippen LogP contribution in [-0.4, -0.2) is 47.1 Å². The second-order valence-corrected chi connectivity index (χ2v) is 6.53. The number of carbonyl (C=O) groups excluding carboxylic acids is 2. The number of likely N-dealkylation sites (tertiary alicyclic amines) is 1. The van der Waals surface area contributed by atoms with Crippen molar-refractivity contribution in [3.05, 3.63) is 0 Å². The molecule has 114 valence electrons. The van der Waals surface area contributed by atoms with Crippen LogP contribution < -0.4 is 5.32 Å². The molecule has 5 nitrogen and oxygen atoms in total. The zero-order valence-corrected chi connectivity index (χ0v) is 12.5. The monoisotopic (exact) mass is 282 g/mol. The van der Waals surface area contributed by atoms with Gasteiger partial charge < -0.3 is 15.3 Å². The van der Waals surface area contributed by atoms with Crippen LogP contribution in [-0.2, 0) is 9.59 Å². The molecular formula is C15H26N2O3. The number of nitrogens with one attached hydrogen (secondary N) is 1. The topological polar surface area (TPSA) is 69.6 Å². The van der Waals surface area contributed by atoms with Gasteiger partial charge in [0.1, 0.15) is 5.60 Å². The molecular weight excluding hydrogens is 256 g/mol. The molecule has 0 bridgehead atoms. The van der Waals surface area contributed by atoms with E-state index in [1.807, 2.05) is 13.8 Å². The maximum absolute atomic E-state index is 11.9. The summed E-state index contributed by atoms with van der Waals surface area (Å²) < 4.78 is 0. The van der Waals surface area contributed by atoms with Gasteiger partial charge in [-0.3, -0.25) is 9.59 Å². The fourth-order valence-electron chi connectivity index (χ4n) is 2.94. The number of amides is 2. The summed E-state index contributed by atoms with van der Waals surface area (Å²) in [5, 5.41) is 13.0. The lowest BCUT2D eigenvalue weighted by Gasteiger charge is -2.49. The fourth-order valence-corrected chi connectivity index (χ4v) is 2.94. The van der Waals surface area contributed by atoms with Crippen LogP contribution in [0, 0.1) is 11.8 Å². The Bertz CT molecular complexity index is 369. The first kappa shape index (κ1) is 15.3. The number of hydrogen-bond donors (Lipinski definition) is 2. The van der Waals surface area contributed by atoms with E-state index in [0.29, 0.717) is 26.1 Å². The van der Waals surface area contributed by atoms with E-state index in [2.05, 4.69) is 5.32 Å². The Labute approximate surface area is 120 Å². The van der Waals surface area contributed by atoms with Crippen molar-refractivity contribution in [2.45, 2.75) is 51.6 Å². The summed E-state index contributed by atoms with van der Waals surface area (Å²) in [5.74, 6) is 0.424. The minimum Gasteiger partial charge on any atom is -0.386 e. The van der Waals surface area contributed by atoms with Crippen molar-refractivity contribution in [3.63, 3.8) is 0 Å². The minimum absolute atomic E-state index is 0.0158. The van der Waals surface area contributed by atoms with Crippen molar-refractivity contribution in [2.75, 3.05) is 19.6 Å². The summed E-state index contributed by atoms with van der Waals surface area (Å²) in [6.45, 7) is 5.16. The lowest BCUT2D eigenvalue weighted by atomic mass is 9.83. The molecule has 5 heteroatoms. The van der Waals surface area contributed by atoms with Crippen molar-refractivity contribution in [1.82, 2.24) is 10.2 Å². The molecule has 2 aliphatic rings. The molecule has 0 radical (unpaired) electrons. The molecule has 1 saturated heterocycles. The highest BCUT2D eigenvalue weighted by atomic mass is 16.3. The molecule has 2 rings (SSSR count). The average molecular weight is 282 g/mol. The van der Waals surface area contributed by atoms with E-state index in [9.17, 15) is 14.7 Å². The molecule has 20 heavy (non-hydrogen) atoms. The second-order valence-electron chi connectivity index (χ2n) is 6.53. The number of aliphatic hydroxyl groups is 1. The summed E-state index contributed by atoms with van der Waals surface area (Å²) >= 11 is 0. The van der Waals surface area contributed by atoms with Gasteiger partial charge in [-0.25, -0.2) is 0 Å². The zero-order valence-electron chi connectivity index (χ0n) is 12.5. The Hall–Kier alpha value is -1.10. The quantitative estimate of drug-likeness (QED) is 0.787. The largest absolute Gasteiger partial charge is 0.386 e. The lowest BCUT2D eigenvalue weighted by molar-refractivity contribution is -0.163. The first-order valence-electron chi connectivity index (χ1n) is 7.70. The van der Waals surface area contributed by atoms with Gasteiger partial charge in [0.2, 0.25) is 11.8 Å². The fraction of sp³-hybridized carbons (Fsp3) is 0.867. The molecule has 0 atom stereocenters. The summed E-state index contributed by atoms with van der Waals surface area (Å²) in [4.78, 5) is 25.4. The highest BCUT2D eigenvalue weighted by Crippen LogP contribution is 2.29. The van der Waals surface area contributed by atoms with E-state index >= 15 is 0 Å². The maximum Gasteiger partial charge on any atom is 0.224 e. The third-order valence-corrected chi connectivity index (χ3v) is 4.72. The number of β-amino-alcohol motifs (C(OH)–C–C–N with tert-alkyl or cyclic N) is 1. The molecule has 0 spiro atoms. The summed E-state index contributed by atoms with van der Waals surface area (Å²) in [5.41, 5.74) is -0.719. The van der Waals surface area contributed by atoms with Crippen molar-refractivity contribution in [1.29, 1.82) is 0 Å². The van der Waals surface area contributed by atoms with Gasteiger partial charge in [0, 0.05) is 18.9 Å². The third-order valence-electron chi connectivity index (χ3n) is 4.72. The minimum atomic E-state index is -0.719. The molecule has 2 N–H and O–H groups in total. The summed E-state index contributed by atoms with van der Waals surface area (Å²) in [6.07, 6.45) is 4.56. The molecule has 0 aromatic carbocycles. The van der Waals surface area contributed by atoms with Gasteiger partial charge >= 0.3 is 0 Å². The Kier molecular flexibility index (Phi) is 4.68. The Morgan fingerprint density at radius 2 is 1.90 bits per heavy atom. The van der Waals surface area contributed by atoms with Crippen LogP contribution >= 0.6 is 0 Å². The molecule has 1 aliphatic carbocycles. The molecule has 0 aromatic rings. The maximum atomic E-state index is 11.9. The average Bonchev–Trinajstić information content (AvgIpc) is 2.88. The summed E-state index contributed by atoms with van der Waals surface area (Å²) in [7, 11) is 0. The van der Waals surface area contributed by atoms with Gasteiger partial charge in [-0.1, -0.05) is 26.7 Å². The van der Waals surface area contributed by atoms with E-state index in [1.54, 1.807) is 4.90 Å². The second kappa shape index (κ2) is 6.12. The number of carbonyl (C=O) groups is 2. The van der Waals surface area contributed by atoms with E-state index in [-0.39, 0.29) is 23.7 Å². The van der Waals surface area contributed by atoms with Crippen LogP contribution in [0.3, 0.4) is 0 Å². The normalized spacial score (nSPS) is 21.9. The third kappa shape index (κ3) is 3.32. The smallest absolute Gasteiger partial charge is 0.224 e. The first-order chi connectivity index (χ1) is 9.42. The SMILES string of the molecule is CC(C)C1(O)CN(C(=O)CCNC(=O)C2CCCC2)C1. The molecule has 1 heterocycles. The van der Waals surface area contributed by atoms with Crippen LogP contribution in [0.2, 0.25) is 0 Å². The Balaban J connectivity index is 1.63. The van der Waals surface area contributed by atoms with Crippen molar-refractivity contribution in [2.24, 2.45) is 11.8 Å². The van der Waals surface area contributed by atoms with E-state index in [1.165, 1.54) is 0 Å². The predicted octanol–water partition coefficient (Wildman–Crippen LogP) is 0.912. The van der Waals surface area contributed by atoms with Gasteiger partial charge in [0.25, 0.3) is 0 Å². The van der Waals surface area contributed by atoms with Crippen molar-refractivity contribution in [3.8, 4) is 0 Å². The van der Waals surface area contributed by atoms with Gasteiger partial charge in [-0.15, -0.1) is 0 Å². The van der Waals surface area contributed by atoms with Crippen LogP contribution in [0.5, 0.6) is 0 Å². The number of nitrogens with zero attached hydrogens (tertiary/aromatic N) is 1. The standard InChI is InChI=1S/C15H26N2O3/c1-11(2)15(20)9-17(10-15)13(18)7-8-16-14(19)12-5-3-4-6-12/h11-12,20H,3-10H2,1-2H3,(H,16,19). The highest BCUT2D eigenvalue weighted by Gasteiger charge is 2.45. The zero-order chi connectivity index (χ0) is 14.8. The van der Waals surface area contributed by atoms with Gasteiger partial charge in [0.15, 0.2) is 0 Å². The van der Waals surface area contributed by atoms with E-state index in [4.69, 9.17) is 0 Å². The molecule has 0 aromatic heterocycles. The van der Waals surface area contributed by atoms with Crippen LogP contribution in [0.25, 0.3) is 0 Å². The molecule has 2 amide bonds. The first-order valence-corrected chi connectivity index (χ1v) is 7.70. The van der Waals surface area contributed by atoms with Crippen molar-refractivity contribution >= 4 is 11.8 Å². The number of rotatable bonds is 5. The van der Waals surface area contributed by atoms with Crippen LogP contribution in [0.15, 0.2) is 0 Å². The Morgan fingerprint density at radius 1 is 1.30 bits per heavy atom. The van der Waals surface area contributed by atoms with Crippen molar-refractivity contribution < 1.29 is 14.7 Å². The molecule has 1 saturated carbocycles. The highest BCUT2D eigenvalue weighted by molar-refractivity contribution is 5.81. The van der Waals surface area contributed by atoms with Crippen LogP contribution in [0.1, 0.15) is 46.0 Å². The molecule has 0 unspecified atom stereocenters. The molecule has 2 fully saturated rings. The van der Waals surface area contributed by atoms with E-state index < -0.39 is 5.60 Å². The molecule has 1 aliphatic heterocycles. The van der Waals surface area contributed by atoms with Gasteiger partial charge in [0.05, 0.1) is 13.1 Å². The number of hydrogen-bond acceptors (Lipinski definition) is 3. The summed E-state index contributed by atoms with van der Waals surface area (Å²) in [6, 6.07) is 0. The van der Waals surface area contributed by atoms with Gasteiger partial charge in [-0.05, 0) is 18.8 Å². The van der Waals surface area contributed by atoms with E-state index in [0.717, 1.165) is 25.7 Å². The Morgan fingerprint density at radius 3 is 2.45 bits per heavy atom. The predicted molar refractivity (Wildman–Crippen MR) is 76.0 cm³/mol.